The fourth-order valence-corrected chi connectivity index (χ4v) is 6.47. The lowest BCUT2D eigenvalue weighted by Gasteiger charge is -2.50. The van der Waals surface area contributed by atoms with Crippen molar-refractivity contribution in [1.29, 1.82) is 0 Å². The van der Waals surface area contributed by atoms with Crippen molar-refractivity contribution in [3.63, 3.8) is 0 Å². The number of fused-ring (bicyclic) bond motifs is 2. The van der Waals surface area contributed by atoms with Crippen LogP contribution in [-0.4, -0.2) is 84.9 Å². The van der Waals surface area contributed by atoms with Crippen LogP contribution >= 0.6 is 23.3 Å². The molecule has 1 saturated heterocycles. The Labute approximate surface area is 240 Å². The third-order valence-electron chi connectivity index (χ3n) is 6.52. The number of β-lactam (4-membered cyclic amide) rings is 1. The van der Waals surface area contributed by atoms with Gasteiger partial charge >= 0.3 is 5.65 Å². The Morgan fingerprint density at radius 2 is 2.20 bits per heavy atom. The molecule has 41 heavy (non-hydrogen) atoms. The van der Waals surface area contributed by atoms with E-state index in [-0.39, 0.29) is 29.0 Å². The topological polar surface area (TPSA) is 197 Å². The molecular weight excluding hydrogens is 579 g/mol. The maximum Gasteiger partial charge on any atom is 0.349 e. The first kappa shape index (κ1) is 28.4. The van der Waals surface area contributed by atoms with Crippen LogP contribution in [-0.2, 0) is 32.3 Å². The van der Waals surface area contributed by atoms with E-state index in [1.54, 1.807) is 6.20 Å². The number of thioether (sulfide) groups is 1. The number of anilines is 1. The molecule has 0 radical (unpaired) electrons. The maximum absolute atomic E-state index is 13.1. The van der Waals surface area contributed by atoms with E-state index in [1.807, 2.05) is 30.7 Å². The van der Waals surface area contributed by atoms with Gasteiger partial charge in [-0.1, -0.05) is 5.16 Å². The average Bonchev–Trinajstić information content (AvgIpc) is 3.52. The molecule has 18 heteroatoms. The zero-order chi connectivity index (χ0) is 29.3. The number of aromatic nitrogens is 5. The molecule has 2 amide bonds. The number of rotatable bonds is 11. The van der Waals surface area contributed by atoms with Gasteiger partial charge in [0.15, 0.2) is 5.13 Å². The van der Waals surface area contributed by atoms with E-state index in [9.17, 15) is 23.9 Å². The van der Waals surface area contributed by atoms with E-state index in [1.165, 1.54) is 11.8 Å². The molecule has 5 heterocycles. The van der Waals surface area contributed by atoms with Crippen molar-refractivity contribution in [1.82, 2.24) is 34.4 Å². The van der Waals surface area contributed by atoms with Gasteiger partial charge in [-0.2, -0.15) is 9.36 Å². The van der Waals surface area contributed by atoms with Gasteiger partial charge < -0.3 is 35.7 Å². The third kappa shape index (κ3) is 5.32. The van der Waals surface area contributed by atoms with Crippen molar-refractivity contribution in [3.05, 3.63) is 41.2 Å². The molecule has 0 spiro atoms. The summed E-state index contributed by atoms with van der Waals surface area (Å²) in [4.78, 5) is 52.4. The summed E-state index contributed by atoms with van der Waals surface area (Å²) in [5.74, 6) is -2.21. The first-order valence-electron chi connectivity index (χ1n) is 12.3. The third-order valence-corrected chi connectivity index (χ3v) is 8.40. The quantitative estimate of drug-likeness (QED) is 0.0951. The van der Waals surface area contributed by atoms with Gasteiger partial charge in [0.05, 0.1) is 17.9 Å². The molecule has 15 nitrogen and oxygen atoms in total. The molecule has 216 valence electrons. The molecule has 0 aromatic carbocycles. The highest BCUT2D eigenvalue weighted by Crippen LogP contribution is 2.40. The van der Waals surface area contributed by atoms with Gasteiger partial charge in [-0.15, -0.1) is 11.8 Å². The molecule has 0 saturated carbocycles. The first-order chi connectivity index (χ1) is 19.7. The molecule has 3 aromatic rings. The lowest BCUT2D eigenvalue weighted by molar-refractivity contribution is -0.664. The SMILES string of the molecule is CNCCn1c(C)nc2c1ccc[n+]2CC1=C(C(=O)[O-])N2C(=O)C(NC(=O)/C(=N\OCF)c3nsc(N)n3)C2SC1. The Morgan fingerprint density at radius 1 is 1.39 bits per heavy atom. The number of hydrogen-bond donors (Lipinski definition) is 3. The summed E-state index contributed by atoms with van der Waals surface area (Å²) < 4.78 is 20.3. The van der Waals surface area contributed by atoms with Crippen LogP contribution in [0.2, 0.25) is 0 Å². The predicted octanol–water partition coefficient (Wildman–Crippen LogP) is -1.96. The van der Waals surface area contributed by atoms with Crippen LogP contribution in [0.1, 0.15) is 11.6 Å². The molecule has 5 rings (SSSR count). The predicted molar refractivity (Wildman–Crippen MR) is 144 cm³/mol. The number of pyridine rings is 1. The van der Waals surface area contributed by atoms with Crippen molar-refractivity contribution in [3.8, 4) is 0 Å². The fourth-order valence-electron chi connectivity index (χ4n) is 4.70. The number of oxime groups is 1. The monoisotopic (exact) mass is 604 g/mol. The summed E-state index contributed by atoms with van der Waals surface area (Å²) in [6, 6.07) is 2.71. The molecule has 0 aliphatic carbocycles. The molecule has 2 aliphatic rings. The second-order valence-electron chi connectivity index (χ2n) is 8.99. The summed E-state index contributed by atoms with van der Waals surface area (Å²) in [5, 5.41) is 20.6. The van der Waals surface area contributed by atoms with E-state index in [4.69, 9.17) is 5.73 Å². The fraction of sp³-hybridized carbons (Fsp3) is 0.391. The normalized spacial score (nSPS) is 18.9. The second-order valence-corrected chi connectivity index (χ2v) is 10.9. The molecule has 2 atom stereocenters. The standard InChI is InChI=1S/C23H25FN10O5S2/c1-11-27-18-13(33(11)7-5-26-2)4-3-6-32(18)8-12-9-40-21-15(20(36)34(21)16(12)22(37)38)28-19(35)14(30-39-10-24)17-29-23(25)41-31-17/h3-4,6,15,21,26H,5,7-10H2,1-2H3,(H3-,25,28,29,31,35,37,38)/b30-14-. The van der Waals surface area contributed by atoms with Crippen LogP contribution in [0.15, 0.2) is 34.8 Å². The number of amides is 2. The maximum atomic E-state index is 13.1. The number of imidazole rings is 1. The number of nitrogens with one attached hydrogen (secondary N) is 2. The smallest absolute Gasteiger partial charge is 0.349 e. The van der Waals surface area contributed by atoms with Gasteiger partial charge in [-0.05, 0) is 24.2 Å². The number of nitrogens with two attached hydrogens (primary N) is 1. The number of likely N-dealkylation sites (N-methyl/N-ethyl adjacent to an activating group) is 1. The highest BCUT2D eigenvalue weighted by Gasteiger charge is 2.53. The average molecular weight is 605 g/mol. The van der Waals surface area contributed by atoms with Crippen LogP contribution < -0.4 is 26.0 Å². The zero-order valence-corrected chi connectivity index (χ0v) is 23.5. The number of hydrogen-bond acceptors (Lipinski definition) is 13. The molecular formula is C23H25FN10O5S2. The number of alkyl halides is 1. The van der Waals surface area contributed by atoms with Crippen LogP contribution in [0.3, 0.4) is 0 Å². The van der Waals surface area contributed by atoms with E-state index in [0.717, 1.165) is 34.3 Å². The van der Waals surface area contributed by atoms with Crippen LogP contribution in [0.5, 0.6) is 0 Å². The minimum absolute atomic E-state index is 0.0409. The van der Waals surface area contributed by atoms with Crippen LogP contribution in [0.4, 0.5) is 9.52 Å². The minimum Gasteiger partial charge on any atom is -0.543 e. The van der Waals surface area contributed by atoms with E-state index >= 15 is 0 Å². The number of halogens is 1. The Hall–Kier alpha value is -4.16. The van der Waals surface area contributed by atoms with E-state index in [0.29, 0.717) is 17.8 Å². The van der Waals surface area contributed by atoms with Crippen molar-refractivity contribution >= 4 is 63.1 Å². The lowest BCUT2D eigenvalue weighted by atomic mass is 10.0. The van der Waals surface area contributed by atoms with Gasteiger partial charge in [0.2, 0.25) is 17.4 Å². The first-order valence-corrected chi connectivity index (χ1v) is 14.1. The van der Waals surface area contributed by atoms with Crippen molar-refractivity contribution in [2.24, 2.45) is 5.16 Å². The molecule has 0 bridgehead atoms. The van der Waals surface area contributed by atoms with Gasteiger partial charge in [-0.3, -0.25) is 14.5 Å². The lowest BCUT2D eigenvalue weighted by Crippen LogP contribution is -2.71. The number of aryl methyl sites for hydroxylation is 1. The molecule has 2 unspecified atom stereocenters. The highest BCUT2D eigenvalue weighted by molar-refractivity contribution is 8.00. The van der Waals surface area contributed by atoms with Gasteiger partial charge in [-0.25, -0.2) is 8.96 Å². The molecule has 2 aliphatic heterocycles. The largest absolute Gasteiger partial charge is 0.543 e. The number of nitrogen functional groups attached to an aromatic ring is 1. The number of carbonyl (C=O) groups excluding carboxylic acids is 3. The van der Waals surface area contributed by atoms with Gasteiger partial charge in [0.1, 0.15) is 23.5 Å². The number of nitrogens with zero attached hydrogens (tertiary/aromatic N) is 7. The Kier molecular flexibility index (Phi) is 8.13. The van der Waals surface area contributed by atoms with Gasteiger partial charge in [0.25, 0.3) is 18.7 Å². The second kappa shape index (κ2) is 11.8. The number of carboxylic acid groups (broad SMARTS) is 1. The zero-order valence-electron chi connectivity index (χ0n) is 21.9. The summed E-state index contributed by atoms with van der Waals surface area (Å²) in [6.45, 7) is 2.21. The number of carboxylic acids is 1. The Morgan fingerprint density at radius 3 is 2.88 bits per heavy atom. The van der Waals surface area contributed by atoms with E-state index < -0.39 is 41.8 Å². The Balaban J connectivity index is 1.38. The summed E-state index contributed by atoms with van der Waals surface area (Å²) in [7, 11) is 1.87. The minimum atomic E-state index is -1.51. The van der Waals surface area contributed by atoms with Crippen molar-refractivity contribution < 1.29 is 33.3 Å². The number of aliphatic carboxylic acids is 1. The van der Waals surface area contributed by atoms with Crippen LogP contribution in [0.25, 0.3) is 11.2 Å². The van der Waals surface area contributed by atoms with Crippen LogP contribution in [0, 0.1) is 6.92 Å². The summed E-state index contributed by atoms with van der Waals surface area (Å²) >= 11 is 2.07. The molecule has 4 N–H and O–H groups in total. The Bertz CT molecular complexity index is 1590. The van der Waals surface area contributed by atoms with Gasteiger partial charge in [0, 0.05) is 42.9 Å². The van der Waals surface area contributed by atoms with Crippen molar-refractivity contribution in [2.45, 2.75) is 31.4 Å². The van der Waals surface area contributed by atoms with Crippen molar-refractivity contribution in [2.75, 3.05) is 31.9 Å². The highest BCUT2D eigenvalue weighted by atomic mass is 32.2. The summed E-state index contributed by atoms with van der Waals surface area (Å²) in [6.07, 6.45) is 1.80. The molecule has 1 fully saturated rings. The molecule has 3 aromatic heterocycles. The van der Waals surface area contributed by atoms with E-state index in [2.05, 4.69) is 39.5 Å². The number of carbonyl (C=O) groups is 3. The summed E-state index contributed by atoms with van der Waals surface area (Å²) in [5.41, 5.74) is 6.88.